The number of anilines is 1. The number of sulfonamides is 1. The minimum Gasteiger partial charge on any atom is -0.395 e. The molecule has 0 amide bonds. The summed E-state index contributed by atoms with van der Waals surface area (Å²) in [6.07, 6.45) is 2.43. The molecule has 0 bridgehead atoms. The largest absolute Gasteiger partial charge is 0.395 e. The van der Waals surface area contributed by atoms with Gasteiger partial charge in [0.2, 0.25) is 10.0 Å². The number of fused-ring (bicyclic) bond motifs is 1. The topological polar surface area (TPSA) is 69.6 Å². The molecule has 1 heterocycles. The molecule has 1 aliphatic heterocycles. The Bertz CT molecular complexity index is 569. The van der Waals surface area contributed by atoms with Crippen molar-refractivity contribution in [2.24, 2.45) is 0 Å². The Kier molecular flexibility index (Phi) is 4.24. The minimum absolute atomic E-state index is 0.0683. The molecule has 19 heavy (non-hydrogen) atoms. The normalized spacial score (nSPS) is 14.2. The second kappa shape index (κ2) is 5.73. The molecule has 0 aliphatic carbocycles. The lowest BCUT2D eigenvalue weighted by Gasteiger charge is -2.20. The zero-order valence-electron chi connectivity index (χ0n) is 10.7. The zero-order valence-corrected chi connectivity index (χ0v) is 11.5. The highest BCUT2D eigenvalue weighted by molar-refractivity contribution is 7.89. The number of benzene rings is 1. The van der Waals surface area contributed by atoms with E-state index in [9.17, 15) is 8.42 Å². The summed E-state index contributed by atoms with van der Waals surface area (Å²) < 4.78 is 26.1. The van der Waals surface area contributed by atoms with E-state index in [1.807, 2.05) is 6.07 Å². The average molecular weight is 282 g/mol. The molecule has 0 saturated carbocycles. The van der Waals surface area contributed by atoms with Crippen LogP contribution in [0.3, 0.4) is 0 Å². The average Bonchev–Trinajstić information content (AvgIpc) is 2.85. The van der Waals surface area contributed by atoms with Crippen molar-refractivity contribution in [3.8, 4) is 0 Å². The number of nitrogens with one attached hydrogen (secondary N) is 1. The highest BCUT2D eigenvalue weighted by Crippen LogP contribution is 2.26. The quantitative estimate of drug-likeness (QED) is 0.758. The number of hydrogen-bond acceptors (Lipinski definition) is 4. The predicted molar refractivity (Wildman–Crippen MR) is 74.7 cm³/mol. The van der Waals surface area contributed by atoms with Crippen LogP contribution in [-0.4, -0.2) is 44.1 Å². The molecule has 1 aromatic carbocycles. The number of aliphatic hydroxyl groups is 1. The maximum absolute atomic E-state index is 12.5. The molecule has 0 radical (unpaired) electrons. The third kappa shape index (κ3) is 2.80. The van der Waals surface area contributed by atoms with Gasteiger partial charge in [-0.1, -0.05) is 12.1 Å². The molecule has 0 saturated heterocycles. The predicted octanol–water partition coefficient (Wildman–Crippen LogP) is 0.824. The molecular weight excluding hydrogens is 264 g/mol. The first kappa shape index (κ1) is 14.0. The van der Waals surface area contributed by atoms with Gasteiger partial charge in [-0.2, -0.15) is 4.31 Å². The van der Waals surface area contributed by atoms with Crippen molar-refractivity contribution in [1.29, 1.82) is 0 Å². The van der Waals surface area contributed by atoms with Gasteiger partial charge in [0, 0.05) is 25.3 Å². The summed E-state index contributed by atoms with van der Waals surface area (Å²) in [6.45, 7) is 4.43. The highest BCUT2D eigenvalue weighted by Gasteiger charge is 2.24. The first-order chi connectivity index (χ1) is 9.09. The third-order valence-corrected chi connectivity index (χ3v) is 4.97. The van der Waals surface area contributed by atoms with Crippen LogP contribution in [-0.2, 0) is 16.4 Å². The number of nitrogens with zero attached hydrogens (tertiary/aromatic N) is 1. The maximum atomic E-state index is 12.5. The second-order valence-electron chi connectivity index (χ2n) is 4.37. The van der Waals surface area contributed by atoms with Crippen LogP contribution in [0.2, 0.25) is 0 Å². The van der Waals surface area contributed by atoms with Gasteiger partial charge in [-0.05, 0) is 24.1 Å². The van der Waals surface area contributed by atoms with Crippen LogP contribution in [0.1, 0.15) is 5.56 Å². The fourth-order valence-electron chi connectivity index (χ4n) is 2.14. The van der Waals surface area contributed by atoms with Crippen LogP contribution in [0, 0.1) is 0 Å². The van der Waals surface area contributed by atoms with E-state index in [0.29, 0.717) is 0 Å². The summed E-state index contributed by atoms with van der Waals surface area (Å²) in [7, 11) is -3.58. The van der Waals surface area contributed by atoms with E-state index in [2.05, 4.69) is 11.9 Å². The number of rotatable bonds is 6. The monoisotopic (exact) mass is 282 g/mol. The number of aliphatic hydroxyl groups excluding tert-OH is 1. The van der Waals surface area contributed by atoms with E-state index in [4.69, 9.17) is 5.11 Å². The Labute approximate surface area is 113 Å². The van der Waals surface area contributed by atoms with E-state index < -0.39 is 10.0 Å². The van der Waals surface area contributed by atoms with Crippen LogP contribution >= 0.6 is 0 Å². The minimum atomic E-state index is -3.58. The van der Waals surface area contributed by atoms with Crippen LogP contribution in [0.5, 0.6) is 0 Å². The zero-order chi connectivity index (χ0) is 13.9. The molecule has 104 valence electrons. The molecule has 1 aromatic rings. The lowest BCUT2D eigenvalue weighted by molar-refractivity contribution is 0.260. The fraction of sp³-hybridized carbons (Fsp3) is 0.385. The molecule has 1 aliphatic rings. The van der Waals surface area contributed by atoms with Gasteiger partial charge in [-0.15, -0.1) is 6.58 Å². The Balaban J connectivity index is 2.34. The summed E-state index contributed by atoms with van der Waals surface area (Å²) in [4.78, 5) is 0.246. The van der Waals surface area contributed by atoms with Gasteiger partial charge in [0.15, 0.2) is 0 Å². The van der Waals surface area contributed by atoms with Crippen molar-refractivity contribution in [1.82, 2.24) is 4.31 Å². The van der Waals surface area contributed by atoms with Crippen LogP contribution in [0.15, 0.2) is 35.7 Å². The standard InChI is InChI=1S/C13H18N2O3S/c1-2-7-15(8-9-16)19(17,18)12-4-3-11-5-6-14-13(11)10-12/h2-4,10,14,16H,1,5-9H2. The van der Waals surface area contributed by atoms with Gasteiger partial charge in [-0.25, -0.2) is 8.42 Å². The van der Waals surface area contributed by atoms with Gasteiger partial charge in [0.1, 0.15) is 0 Å². The van der Waals surface area contributed by atoms with Crippen molar-refractivity contribution >= 4 is 15.7 Å². The van der Waals surface area contributed by atoms with Gasteiger partial charge >= 0.3 is 0 Å². The van der Waals surface area contributed by atoms with Crippen LogP contribution < -0.4 is 5.32 Å². The Morgan fingerprint density at radius 1 is 1.47 bits per heavy atom. The lowest BCUT2D eigenvalue weighted by Crippen LogP contribution is -2.33. The van der Waals surface area contributed by atoms with Gasteiger partial charge in [0.05, 0.1) is 11.5 Å². The van der Waals surface area contributed by atoms with Crippen molar-refractivity contribution in [3.63, 3.8) is 0 Å². The molecule has 0 aromatic heterocycles. The fourth-order valence-corrected chi connectivity index (χ4v) is 3.57. The second-order valence-corrected chi connectivity index (χ2v) is 6.31. The SMILES string of the molecule is C=CCN(CCO)S(=O)(=O)c1ccc2c(c1)NCC2. The first-order valence-corrected chi connectivity index (χ1v) is 7.62. The molecular formula is C13H18N2O3S. The van der Waals surface area contributed by atoms with E-state index in [1.54, 1.807) is 12.1 Å². The first-order valence-electron chi connectivity index (χ1n) is 6.18. The van der Waals surface area contributed by atoms with E-state index in [-0.39, 0.29) is 24.6 Å². The van der Waals surface area contributed by atoms with Crippen molar-refractivity contribution < 1.29 is 13.5 Å². The smallest absolute Gasteiger partial charge is 0.243 e. The lowest BCUT2D eigenvalue weighted by atomic mass is 10.2. The van der Waals surface area contributed by atoms with Crippen LogP contribution in [0.4, 0.5) is 5.69 Å². The van der Waals surface area contributed by atoms with E-state index >= 15 is 0 Å². The molecule has 5 nitrogen and oxygen atoms in total. The molecule has 2 rings (SSSR count). The summed E-state index contributed by atoms with van der Waals surface area (Å²) in [6, 6.07) is 5.12. The third-order valence-electron chi connectivity index (χ3n) is 3.11. The summed E-state index contributed by atoms with van der Waals surface area (Å²) in [5.41, 5.74) is 2.01. The maximum Gasteiger partial charge on any atom is 0.243 e. The molecule has 0 atom stereocenters. The van der Waals surface area contributed by atoms with Gasteiger partial charge in [-0.3, -0.25) is 0 Å². The van der Waals surface area contributed by atoms with Gasteiger partial charge < -0.3 is 10.4 Å². The molecule has 6 heteroatoms. The summed E-state index contributed by atoms with van der Waals surface area (Å²) >= 11 is 0. The van der Waals surface area contributed by atoms with Crippen molar-refractivity contribution in [2.45, 2.75) is 11.3 Å². The Morgan fingerprint density at radius 3 is 2.95 bits per heavy atom. The Morgan fingerprint density at radius 2 is 2.26 bits per heavy atom. The summed E-state index contributed by atoms with van der Waals surface area (Å²) in [5.74, 6) is 0. The highest BCUT2D eigenvalue weighted by atomic mass is 32.2. The molecule has 2 N–H and O–H groups in total. The molecule has 0 spiro atoms. The summed E-state index contributed by atoms with van der Waals surface area (Å²) in [5, 5.41) is 12.1. The van der Waals surface area contributed by atoms with Gasteiger partial charge in [0.25, 0.3) is 0 Å². The van der Waals surface area contributed by atoms with E-state index in [0.717, 1.165) is 24.2 Å². The van der Waals surface area contributed by atoms with Crippen molar-refractivity contribution in [2.75, 3.05) is 31.6 Å². The number of hydrogen-bond donors (Lipinski definition) is 2. The van der Waals surface area contributed by atoms with Crippen molar-refractivity contribution in [3.05, 3.63) is 36.4 Å². The van der Waals surface area contributed by atoms with E-state index in [1.165, 1.54) is 10.4 Å². The Hall–Kier alpha value is -1.37. The molecule has 0 fully saturated rings. The molecule has 0 unspecified atom stereocenters. The van der Waals surface area contributed by atoms with Crippen LogP contribution in [0.25, 0.3) is 0 Å².